The number of methoxy groups -OCH3 is 1. The van der Waals surface area contributed by atoms with Gasteiger partial charge in [0.25, 0.3) is 5.91 Å². The van der Waals surface area contributed by atoms with Gasteiger partial charge in [-0.2, -0.15) is 0 Å². The summed E-state index contributed by atoms with van der Waals surface area (Å²) < 4.78 is 5.51. The maximum atomic E-state index is 13.8. The molecule has 1 aliphatic heterocycles. The Labute approximate surface area is 280 Å². The SMILES string of the molecule is COc1cc(CN2C(=O)N(C(CC3CC3)C(=O)NC(C)CC(=O)O)C(=O)C2(C)C)ccc1NC(=O)Nc1ccccc1C.[H-].[Na+]. The molecule has 44 heavy (non-hydrogen) atoms. The predicted molar refractivity (Wildman–Crippen MR) is 161 cm³/mol. The summed E-state index contributed by atoms with van der Waals surface area (Å²) in [6, 6.07) is 9.70. The number of carboxylic acids is 1. The number of rotatable bonds is 12. The van der Waals surface area contributed by atoms with E-state index in [4.69, 9.17) is 9.84 Å². The molecule has 1 saturated heterocycles. The number of anilines is 2. The van der Waals surface area contributed by atoms with Gasteiger partial charge in [-0.3, -0.25) is 14.4 Å². The van der Waals surface area contributed by atoms with E-state index < -0.39 is 47.5 Å². The quantitative estimate of drug-likeness (QED) is 0.207. The Morgan fingerprint density at radius 1 is 1.09 bits per heavy atom. The third kappa shape index (κ3) is 8.10. The second-order valence-corrected chi connectivity index (χ2v) is 11.7. The number of hydrogen-bond donors (Lipinski definition) is 4. The Balaban J connectivity index is 0.00000353. The minimum atomic E-state index is -1.25. The number of imide groups is 1. The number of ether oxygens (including phenoxy) is 1. The van der Waals surface area contributed by atoms with Crippen LogP contribution in [0.4, 0.5) is 21.0 Å². The van der Waals surface area contributed by atoms with Crippen LogP contribution in [0, 0.1) is 12.8 Å². The molecule has 2 fully saturated rings. The largest absolute Gasteiger partial charge is 1.00 e. The van der Waals surface area contributed by atoms with Crippen molar-refractivity contribution in [3.63, 3.8) is 0 Å². The van der Waals surface area contributed by atoms with E-state index in [-0.39, 0.29) is 49.9 Å². The summed E-state index contributed by atoms with van der Waals surface area (Å²) in [6.45, 7) is 6.78. The molecule has 4 rings (SSSR count). The van der Waals surface area contributed by atoms with Crippen LogP contribution in [0.2, 0.25) is 0 Å². The molecule has 232 valence electrons. The number of nitrogens with one attached hydrogen (secondary N) is 3. The number of carbonyl (C=O) groups excluding carboxylic acids is 4. The zero-order valence-electron chi connectivity index (χ0n) is 27.1. The molecule has 2 atom stereocenters. The molecule has 6 amide bonds. The van der Waals surface area contributed by atoms with Crippen molar-refractivity contribution in [3.8, 4) is 5.75 Å². The number of hydrogen-bond acceptors (Lipinski definition) is 6. The van der Waals surface area contributed by atoms with E-state index in [1.165, 1.54) is 12.0 Å². The summed E-state index contributed by atoms with van der Waals surface area (Å²) >= 11 is 0. The van der Waals surface area contributed by atoms with Crippen LogP contribution >= 0.6 is 0 Å². The van der Waals surface area contributed by atoms with E-state index in [0.717, 1.165) is 23.3 Å². The second-order valence-electron chi connectivity index (χ2n) is 11.7. The van der Waals surface area contributed by atoms with Crippen molar-refractivity contribution in [1.29, 1.82) is 0 Å². The number of carboxylic acid groups (broad SMARTS) is 1. The molecule has 12 nitrogen and oxygen atoms in total. The monoisotopic (exact) mass is 617 g/mol. The van der Waals surface area contributed by atoms with Crippen LogP contribution in [0.3, 0.4) is 0 Å². The first kappa shape index (κ1) is 34.9. The number of nitrogens with zero attached hydrogens (tertiary/aromatic N) is 2. The van der Waals surface area contributed by atoms with Gasteiger partial charge in [0, 0.05) is 18.3 Å². The summed E-state index contributed by atoms with van der Waals surface area (Å²) in [5.74, 6) is -1.52. The Hall–Kier alpha value is -3.61. The normalized spacial score (nSPS) is 16.9. The van der Waals surface area contributed by atoms with Gasteiger partial charge in [-0.15, -0.1) is 0 Å². The second kappa shape index (κ2) is 14.4. The molecule has 0 spiro atoms. The first-order valence-corrected chi connectivity index (χ1v) is 14.3. The van der Waals surface area contributed by atoms with Crippen molar-refractivity contribution in [2.45, 2.75) is 77.5 Å². The van der Waals surface area contributed by atoms with Crippen molar-refractivity contribution >= 4 is 41.2 Å². The molecule has 2 aromatic rings. The maximum Gasteiger partial charge on any atom is 1.00 e. The number of urea groups is 2. The smallest absolute Gasteiger partial charge is 1.00 e. The molecular weight excluding hydrogens is 577 g/mol. The molecule has 0 aromatic heterocycles. The molecule has 1 saturated carbocycles. The molecular formula is C31H40N5NaO7. The summed E-state index contributed by atoms with van der Waals surface area (Å²) in [6.07, 6.45) is 1.86. The fourth-order valence-electron chi connectivity index (χ4n) is 5.17. The average molecular weight is 618 g/mol. The van der Waals surface area contributed by atoms with Crippen LogP contribution in [-0.4, -0.2) is 69.5 Å². The Bertz CT molecular complexity index is 1430. The van der Waals surface area contributed by atoms with Gasteiger partial charge in [0.1, 0.15) is 17.3 Å². The Morgan fingerprint density at radius 3 is 2.36 bits per heavy atom. The molecule has 2 aromatic carbocycles. The summed E-state index contributed by atoms with van der Waals surface area (Å²) in [4.78, 5) is 66.9. The van der Waals surface area contributed by atoms with Crippen LogP contribution in [0.15, 0.2) is 42.5 Å². The average Bonchev–Trinajstić information content (AvgIpc) is 3.74. The summed E-state index contributed by atoms with van der Waals surface area (Å²) in [7, 11) is 1.46. The van der Waals surface area contributed by atoms with E-state index in [0.29, 0.717) is 29.1 Å². The molecule has 13 heteroatoms. The third-order valence-corrected chi connectivity index (χ3v) is 7.84. The summed E-state index contributed by atoms with van der Waals surface area (Å²) in [5.41, 5.74) is 1.40. The van der Waals surface area contributed by atoms with E-state index >= 15 is 0 Å². The van der Waals surface area contributed by atoms with Gasteiger partial charge in [0.05, 0.1) is 19.2 Å². The minimum absolute atomic E-state index is 0. The van der Waals surface area contributed by atoms with Crippen molar-refractivity contribution in [3.05, 3.63) is 53.6 Å². The topological polar surface area (TPSA) is 157 Å². The number of aliphatic carboxylic acids is 1. The number of amides is 6. The molecule has 2 aliphatic rings. The first-order chi connectivity index (χ1) is 20.3. The van der Waals surface area contributed by atoms with Gasteiger partial charge in [-0.1, -0.05) is 37.1 Å². The first-order valence-electron chi connectivity index (χ1n) is 14.3. The van der Waals surface area contributed by atoms with Crippen molar-refractivity contribution in [1.82, 2.24) is 15.1 Å². The molecule has 4 N–H and O–H groups in total. The van der Waals surface area contributed by atoms with E-state index in [1.54, 1.807) is 45.0 Å². The van der Waals surface area contributed by atoms with Gasteiger partial charge in [-0.25, -0.2) is 14.5 Å². The van der Waals surface area contributed by atoms with Gasteiger partial charge >= 0.3 is 47.6 Å². The summed E-state index contributed by atoms with van der Waals surface area (Å²) in [5, 5.41) is 17.3. The fraction of sp³-hybridized carbons (Fsp3) is 0.452. The zero-order valence-corrected chi connectivity index (χ0v) is 28.1. The number of para-hydroxylation sites is 1. The molecule has 0 radical (unpaired) electrons. The molecule has 1 heterocycles. The van der Waals surface area contributed by atoms with E-state index in [1.807, 2.05) is 25.1 Å². The number of carbonyl (C=O) groups is 5. The standard InChI is InChI=1S/C31H39N5O7.Na.H/c1-18-8-6-7-9-22(18)33-29(41)34-23-13-12-21(16-25(23)43-5)17-35-30(42)36(28(40)31(35,3)4)24(15-20-10-11-20)27(39)32-19(2)14-26(37)38;;/h6-9,12-13,16,19-20,24H,10-11,14-15,17H2,1-5H3,(H,32,39)(H,37,38)(H2,33,34,41);;/q;+1;-1. The maximum absolute atomic E-state index is 13.8. The Morgan fingerprint density at radius 2 is 1.75 bits per heavy atom. The molecule has 0 bridgehead atoms. The minimum Gasteiger partial charge on any atom is -1.00 e. The van der Waals surface area contributed by atoms with E-state index in [9.17, 15) is 24.0 Å². The van der Waals surface area contributed by atoms with Crippen LogP contribution in [-0.2, 0) is 20.9 Å². The van der Waals surface area contributed by atoms with Gasteiger partial charge in [0.2, 0.25) is 5.91 Å². The van der Waals surface area contributed by atoms with Gasteiger partial charge in [0.15, 0.2) is 0 Å². The van der Waals surface area contributed by atoms with Gasteiger partial charge in [-0.05, 0) is 69.4 Å². The molecule has 1 aliphatic carbocycles. The van der Waals surface area contributed by atoms with Crippen LogP contribution < -0.4 is 50.2 Å². The van der Waals surface area contributed by atoms with Crippen LogP contribution in [0.5, 0.6) is 5.75 Å². The third-order valence-electron chi connectivity index (χ3n) is 7.84. The predicted octanol–water partition coefficient (Wildman–Crippen LogP) is 1.46. The number of benzene rings is 2. The van der Waals surface area contributed by atoms with Crippen LogP contribution in [0.25, 0.3) is 0 Å². The van der Waals surface area contributed by atoms with Crippen molar-refractivity contribution in [2.24, 2.45) is 5.92 Å². The number of aryl methyl sites for hydroxylation is 1. The van der Waals surface area contributed by atoms with Crippen molar-refractivity contribution in [2.75, 3.05) is 17.7 Å². The zero-order chi connectivity index (χ0) is 31.5. The fourth-order valence-corrected chi connectivity index (χ4v) is 5.17. The van der Waals surface area contributed by atoms with E-state index in [2.05, 4.69) is 16.0 Å². The van der Waals surface area contributed by atoms with Crippen LogP contribution in [0.1, 0.15) is 59.0 Å². The van der Waals surface area contributed by atoms with Gasteiger partial charge < -0.3 is 32.1 Å². The van der Waals surface area contributed by atoms with Crippen molar-refractivity contribution < 1.29 is 64.8 Å². The Kier molecular flexibility index (Phi) is 11.5. The molecule has 2 unspecified atom stereocenters.